The summed E-state index contributed by atoms with van der Waals surface area (Å²) in [5.41, 5.74) is 1.45. The predicted octanol–water partition coefficient (Wildman–Crippen LogP) is 3.76. The van der Waals surface area contributed by atoms with Crippen LogP contribution in [0.2, 0.25) is 10.0 Å². The number of rotatable bonds is 5. The van der Waals surface area contributed by atoms with Gasteiger partial charge in [-0.3, -0.25) is 0 Å². The second kappa shape index (κ2) is 6.22. The average Bonchev–Trinajstić information content (AvgIpc) is 3.06. The maximum Gasteiger partial charge on any atom is 0.248 e. The van der Waals surface area contributed by atoms with Crippen LogP contribution < -0.4 is 0 Å². The highest BCUT2D eigenvalue weighted by molar-refractivity contribution is 6.42. The number of nitrogens with zero attached hydrogens (tertiary/aromatic N) is 5. The summed E-state index contributed by atoms with van der Waals surface area (Å²) in [6.07, 6.45) is 1.83. The highest BCUT2D eigenvalue weighted by atomic mass is 35.5. The second-order valence-electron chi connectivity index (χ2n) is 5.54. The fourth-order valence-electron chi connectivity index (χ4n) is 2.08. The average molecular weight is 340 g/mol. The highest BCUT2D eigenvalue weighted by Crippen LogP contribution is 2.26. The smallest absolute Gasteiger partial charge is 0.248 e. The molecule has 0 radical (unpaired) electrons. The zero-order valence-electron chi connectivity index (χ0n) is 12.3. The van der Waals surface area contributed by atoms with Crippen LogP contribution >= 0.6 is 23.2 Å². The van der Waals surface area contributed by atoms with Crippen LogP contribution in [0, 0.1) is 5.92 Å². The molecule has 0 bridgehead atoms. The van der Waals surface area contributed by atoms with Crippen molar-refractivity contribution in [1.29, 1.82) is 0 Å². The Hall–Kier alpha value is -1.66. The molecule has 3 aromatic rings. The van der Waals surface area contributed by atoms with E-state index in [1.807, 2.05) is 0 Å². The SMILES string of the molecule is CC(C)CCc1noc(Cn2nnc3cc(Cl)c(Cl)cc32)n1. The van der Waals surface area contributed by atoms with Gasteiger partial charge in [0.15, 0.2) is 5.82 Å². The van der Waals surface area contributed by atoms with Crippen LogP contribution in [0.25, 0.3) is 11.0 Å². The largest absolute Gasteiger partial charge is 0.337 e. The van der Waals surface area contributed by atoms with Crippen molar-refractivity contribution in [2.75, 3.05) is 0 Å². The number of halogens is 2. The standard InChI is InChI=1S/C14H15Cl2N5O/c1-8(2)3-4-13-17-14(22-19-13)7-21-12-6-10(16)9(15)5-11(12)18-20-21/h5-6,8H,3-4,7H2,1-2H3. The lowest BCUT2D eigenvalue weighted by Gasteiger charge is -2.00. The normalized spacial score (nSPS) is 11.7. The van der Waals surface area contributed by atoms with Gasteiger partial charge in [0.1, 0.15) is 12.1 Å². The van der Waals surface area contributed by atoms with E-state index in [9.17, 15) is 0 Å². The third kappa shape index (κ3) is 3.23. The number of hydrogen-bond donors (Lipinski definition) is 0. The first kappa shape index (κ1) is 15.2. The summed E-state index contributed by atoms with van der Waals surface area (Å²) in [5.74, 6) is 1.82. The van der Waals surface area contributed by atoms with Crippen LogP contribution in [-0.2, 0) is 13.0 Å². The van der Waals surface area contributed by atoms with Gasteiger partial charge in [0.25, 0.3) is 0 Å². The van der Waals surface area contributed by atoms with Crippen molar-refractivity contribution in [3.8, 4) is 0 Å². The Morgan fingerprint density at radius 2 is 2.00 bits per heavy atom. The van der Waals surface area contributed by atoms with E-state index in [1.54, 1.807) is 16.8 Å². The van der Waals surface area contributed by atoms with Crippen molar-refractivity contribution in [2.45, 2.75) is 33.2 Å². The van der Waals surface area contributed by atoms with E-state index in [1.165, 1.54) is 0 Å². The maximum absolute atomic E-state index is 6.04. The van der Waals surface area contributed by atoms with Gasteiger partial charge in [-0.25, -0.2) is 4.68 Å². The molecule has 2 heterocycles. The number of hydrogen-bond acceptors (Lipinski definition) is 5. The van der Waals surface area contributed by atoms with E-state index in [-0.39, 0.29) is 0 Å². The summed E-state index contributed by atoms with van der Waals surface area (Å²) >= 11 is 12.0. The van der Waals surface area contributed by atoms with Crippen LogP contribution in [0.1, 0.15) is 32.0 Å². The minimum Gasteiger partial charge on any atom is -0.337 e. The van der Waals surface area contributed by atoms with Crippen molar-refractivity contribution in [1.82, 2.24) is 25.1 Å². The molecule has 0 saturated heterocycles. The van der Waals surface area contributed by atoms with Gasteiger partial charge in [-0.2, -0.15) is 4.98 Å². The topological polar surface area (TPSA) is 69.6 Å². The molecule has 0 spiro atoms. The van der Waals surface area contributed by atoms with Gasteiger partial charge in [-0.1, -0.05) is 47.4 Å². The highest BCUT2D eigenvalue weighted by Gasteiger charge is 2.12. The molecule has 0 saturated carbocycles. The fraction of sp³-hybridized carbons (Fsp3) is 0.429. The summed E-state index contributed by atoms with van der Waals surface area (Å²) in [5, 5.41) is 13.0. The van der Waals surface area contributed by atoms with Gasteiger partial charge in [-0.15, -0.1) is 5.10 Å². The lowest BCUT2D eigenvalue weighted by Crippen LogP contribution is -2.02. The molecule has 0 amide bonds. The Labute approximate surface area is 137 Å². The van der Waals surface area contributed by atoms with Crippen LogP contribution in [-0.4, -0.2) is 25.1 Å². The Bertz CT molecular complexity index is 796. The van der Waals surface area contributed by atoms with Gasteiger partial charge in [0.05, 0.1) is 15.6 Å². The molecule has 0 N–H and O–H groups in total. The molecule has 8 heteroatoms. The van der Waals surface area contributed by atoms with Gasteiger partial charge < -0.3 is 4.52 Å². The molecule has 0 aliphatic rings. The molecular formula is C14H15Cl2N5O. The van der Waals surface area contributed by atoms with Crippen LogP contribution in [0.3, 0.4) is 0 Å². The molecule has 0 aliphatic carbocycles. The summed E-state index contributed by atoms with van der Waals surface area (Å²) in [6.45, 7) is 4.68. The van der Waals surface area contributed by atoms with E-state index in [0.29, 0.717) is 39.7 Å². The fourth-order valence-corrected chi connectivity index (χ4v) is 2.40. The monoisotopic (exact) mass is 339 g/mol. The van der Waals surface area contributed by atoms with Crippen molar-refractivity contribution >= 4 is 34.2 Å². The quantitative estimate of drug-likeness (QED) is 0.707. The minimum absolute atomic E-state index is 0.350. The van der Waals surface area contributed by atoms with Crippen molar-refractivity contribution < 1.29 is 4.52 Å². The minimum atomic E-state index is 0.350. The second-order valence-corrected chi connectivity index (χ2v) is 6.35. The van der Waals surface area contributed by atoms with E-state index in [2.05, 4.69) is 34.3 Å². The van der Waals surface area contributed by atoms with Gasteiger partial charge in [0, 0.05) is 6.42 Å². The molecular weight excluding hydrogens is 325 g/mol. The van der Waals surface area contributed by atoms with Gasteiger partial charge in [0.2, 0.25) is 5.89 Å². The van der Waals surface area contributed by atoms with Crippen molar-refractivity contribution in [3.63, 3.8) is 0 Å². The van der Waals surface area contributed by atoms with E-state index >= 15 is 0 Å². The summed E-state index contributed by atoms with van der Waals surface area (Å²) in [6, 6.07) is 3.42. The third-order valence-corrected chi connectivity index (χ3v) is 4.02. The first-order chi connectivity index (χ1) is 10.5. The Morgan fingerprint density at radius 1 is 1.23 bits per heavy atom. The van der Waals surface area contributed by atoms with E-state index in [0.717, 1.165) is 18.4 Å². The molecule has 0 aliphatic heterocycles. The first-order valence-corrected chi connectivity index (χ1v) is 7.78. The summed E-state index contributed by atoms with van der Waals surface area (Å²) in [4.78, 5) is 4.38. The molecule has 0 unspecified atom stereocenters. The number of aryl methyl sites for hydroxylation is 1. The van der Waals surface area contributed by atoms with Gasteiger partial charge >= 0.3 is 0 Å². The number of benzene rings is 1. The summed E-state index contributed by atoms with van der Waals surface area (Å²) in [7, 11) is 0. The van der Waals surface area contributed by atoms with E-state index < -0.39 is 0 Å². The number of fused-ring (bicyclic) bond motifs is 1. The number of aromatic nitrogens is 5. The van der Waals surface area contributed by atoms with Crippen LogP contribution in [0.5, 0.6) is 0 Å². The third-order valence-electron chi connectivity index (χ3n) is 3.30. The molecule has 22 heavy (non-hydrogen) atoms. The molecule has 3 rings (SSSR count). The molecule has 0 fully saturated rings. The molecule has 2 aromatic heterocycles. The maximum atomic E-state index is 6.04. The Kier molecular flexibility index (Phi) is 4.31. The zero-order chi connectivity index (χ0) is 15.7. The molecule has 6 nitrogen and oxygen atoms in total. The molecule has 116 valence electrons. The van der Waals surface area contributed by atoms with Crippen molar-refractivity contribution in [3.05, 3.63) is 33.9 Å². The molecule has 0 atom stereocenters. The zero-order valence-corrected chi connectivity index (χ0v) is 13.8. The van der Waals surface area contributed by atoms with Gasteiger partial charge in [-0.05, 0) is 24.5 Å². The van der Waals surface area contributed by atoms with E-state index in [4.69, 9.17) is 27.7 Å². The Balaban J connectivity index is 1.80. The lowest BCUT2D eigenvalue weighted by molar-refractivity contribution is 0.360. The Morgan fingerprint density at radius 3 is 2.77 bits per heavy atom. The molecule has 1 aromatic carbocycles. The first-order valence-electron chi connectivity index (χ1n) is 7.02. The van der Waals surface area contributed by atoms with Crippen molar-refractivity contribution in [2.24, 2.45) is 5.92 Å². The summed E-state index contributed by atoms with van der Waals surface area (Å²) < 4.78 is 6.93. The predicted molar refractivity (Wildman–Crippen MR) is 84.1 cm³/mol. The lowest BCUT2D eigenvalue weighted by atomic mass is 10.1. The van der Waals surface area contributed by atoms with Crippen LogP contribution in [0.4, 0.5) is 0 Å². The van der Waals surface area contributed by atoms with Crippen LogP contribution in [0.15, 0.2) is 16.7 Å².